The molecule has 0 aliphatic heterocycles. The van der Waals surface area contributed by atoms with Crippen molar-refractivity contribution in [3.63, 3.8) is 0 Å². The predicted molar refractivity (Wildman–Crippen MR) is 19.2 cm³/mol. The first-order chi connectivity index (χ1) is 2.27. The van der Waals surface area contributed by atoms with Gasteiger partial charge in [0.25, 0.3) is 6.43 Å². The second-order valence-corrected chi connectivity index (χ2v) is 0.471. The monoisotopic (exact) mass is 120 g/mol. The minimum absolute atomic E-state index is 0. The zero-order chi connectivity index (χ0) is 4.28. The molecule has 6 heavy (non-hydrogen) atoms. The van der Waals surface area contributed by atoms with Crippen LogP contribution in [0.25, 0.3) is 0 Å². The van der Waals surface area contributed by atoms with Gasteiger partial charge in [-0.15, -0.1) is 0 Å². The van der Waals surface area contributed by atoms with Crippen LogP contribution in [0.5, 0.6) is 0 Å². The molecule has 0 heterocycles. The maximum absolute atomic E-state index is 10.4. The average Bonchev–Trinajstić information content (AvgIpc) is 1.38. The summed E-state index contributed by atoms with van der Waals surface area (Å²) < 4.78 is 20.8. The molecule has 0 aliphatic carbocycles. The van der Waals surface area contributed by atoms with E-state index in [0.717, 1.165) is 0 Å². The normalized spacial score (nSPS) is 7.17. The Bertz CT molecular complexity index is 38.5. The van der Waals surface area contributed by atoms with E-state index in [0.29, 0.717) is 0 Å². The molecule has 0 saturated heterocycles. The van der Waals surface area contributed by atoms with Crippen LogP contribution in [-0.2, 0) is 4.79 Å². The van der Waals surface area contributed by atoms with Gasteiger partial charge in [0, 0.05) is 0 Å². The molecule has 32 valence electrons. The summed E-state index contributed by atoms with van der Waals surface area (Å²) in [4.78, 5) is 8.75. The van der Waals surface area contributed by atoms with E-state index in [1.807, 2.05) is 0 Å². The van der Waals surface area contributed by atoms with E-state index in [9.17, 15) is 8.78 Å². The number of hydrogen-bond donors (Lipinski definition) is 0. The number of halogens is 2. The van der Waals surface area contributed by atoms with Gasteiger partial charge in [-0.25, -0.2) is 8.78 Å². The molecule has 0 amide bonds. The Kier molecular flexibility index (Phi) is 10.5. The molecule has 0 N–H and O–H groups in total. The third kappa shape index (κ3) is 8.94. The molecular formula is C2H3F2KO. The first kappa shape index (κ1) is 10.2. The standard InChI is InChI=1S/C2H2F2O.K.H/c3-2(4)1-5;;/h1-2H;;. The molecule has 0 aromatic heterocycles. The number of alkyl halides is 2. The number of carbonyl (C=O) groups excluding carboxylic acids is 1. The van der Waals surface area contributed by atoms with Gasteiger partial charge in [-0.3, -0.25) is 4.79 Å². The fourth-order valence-corrected chi connectivity index (χ4v) is 0. The summed E-state index contributed by atoms with van der Waals surface area (Å²) in [5.41, 5.74) is 0. The van der Waals surface area contributed by atoms with Crippen molar-refractivity contribution in [1.82, 2.24) is 0 Å². The van der Waals surface area contributed by atoms with Crippen molar-refractivity contribution < 1.29 is 13.6 Å². The first-order valence-electron chi connectivity index (χ1n) is 1.01. The van der Waals surface area contributed by atoms with Crippen molar-refractivity contribution in [2.24, 2.45) is 0 Å². The van der Waals surface area contributed by atoms with Crippen LogP contribution in [0.2, 0.25) is 0 Å². The van der Waals surface area contributed by atoms with Crippen LogP contribution in [0.4, 0.5) is 8.78 Å². The van der Waals surface area contributed by atoms with Crippen LogP contribution in [0.3, 0.4) is 0 Å². The molecule has 1 nitrogen and oxygen atoms in total. The molecule has 0 aromatic carbocycles. The third-order valence-corrected chi connectivity index (χ3v) is 0.103. The summed E-state index contributed by atoms with van der Waals surface area (Å²) >= 11 is 0. The first-order valence-corrected chi connectivity index (χ1v) is 1.01. The molecule has 0 unspecified atom stereocenters. The van der Waals surface area contributed by atoms with E-state index in [1.54, 1.807) is 0 Å². The summed E-state index contributed by atoms with van der Waals surface area (Å²) in [6.07, 6.45) is -3.21. The van der Waals surface area contributed by atoms with Gasteiger partial charge in [-0.1, -0.05) is 0 Å². The summed E-state index contributed by atoms with van der Waals surface area (Å²) in [6, 6.07) is 0. The van der Waals surface area contributed by atoms with Crippen molar-refractivity contribution in [3.05, 3.63) is 0 Å². The third-order valence-electron chi connectivity index (χ3n) is 0.103. The maximum atomic E-state index is 10.4. The van der Waals surface area contributed by atoms with E-state index in [4.69, 9.17) is 4.79 Å². The van der Waals surface area contributed by atoms with Gasteiger partial charge in [-0.2, -0.15) is 0 Å². The van der Waals surface area contributed by atoms with E-state index >= 15 is 0 Å². The molecule has 0 bridgehead atoms. The van der Waals surface area contributed by atoms with Gasteiger partial charge in [0.15, 0.2) is 6.29 Å². The molecule has 0 radical (unpaired) electrons. The average molecular weight is 120 g/mol. The van der Waals surface area contributed by atoms with Crippen LogP contribution in [0.15, 0.2) is 0 Å². The number of rotatable bonds is 1. The minimum atomic E-state index is -2.80. The van der Waals surface area contributed by atoms with Gasteiger partial charge in [0.05, 0.1) is 0 Å². The molecule has 0 saturated carbocycles. The Morgan fingerprint density at radius 3 is 1.67 bits per heavy atom. The van der Waals surface area contributed by atoms with E-state index in [1.165, 1.54) is 0 Å². The van der Waals surface area contributed by atoms with Crippen molar-refractivity contribution in [1.29, 1.82) is 0 Å². The molecule has 0 atom stereocenters. The Morgan fingerprint density at radius 2 is 1.67 bits per heavy atom. The van der Waals surface area contributed by atoms with Crippen LogP contribution < -0.4 is 0 Å². The SMILES string of the molecule is O=CC(F)F.[KH]. The topological polar surface area (TPSA) is 17.1 Å². The summed E-state index contributed by atoms with van der Waals surface area (Å²) in [6.45, 7) is 0. The van der Waals surface area contributed by atoms with E-state index < -0.39 is 12.7 Å². The predicted octanol–water partition coefficient (Wildman–Crippen LogP) is -0.198. The van der Waals surface area contributed by atoms with Crippen LogP contribution in [0, 0.1) is 0 Å². The zero-order valence-electron chi connectivity index (χ0n) is 2.32. The van der Waals surface area contributed by atoms with Gasteiger partial charge in [0.2, 0.25) is 0 Å². The second kappa shape index (κ2) is 6.17. The molecule has 4 heteroatoms. The Morgan fingerprint density at radius 1 is 1.50 bits per heavy atom. The molecule has 0 aliphatic rings. The summed E-state index contributed by atoms with van der Waals surface area (Å²) in [7, 11) is 0. The molecule has 0 aromatic rings. The molecule has 0 rings (SSSR count). The van der Waals surface area contributed by atoms with Crippen LogP contribution in [-0.4, -0.2) is 64.1 Å². The van der Waals surface area contributed by atoms with E-state index in [-0.39, 0.29) is 51.4 Å². The van der Waals surface area contributed by atoms with Gasteiger partial charge in [-0.05, 0) is 0 Å². The van der Waals surface area contributed by atoms with E-state index in [2.05, 4.69) is 0 Å². The fourth-order valence-electron chi connectivity index (χ4n) is 0. The van der Waals surface area contributed by atoms with Crippen LogP contribution in [0.1, 0.15) is 0 Å². The Hall–Kier alpha value is 1.17. The van der Waals surface area contributed by atoms with Gasteiger partial charge < -0.3 is 0 Å². The number of carbonyl (C=O) groups is 1. The molecule has 0 fully saturated rings. The van der Waals surface area contributed by atoms with Crippen molar-refractivity contribution >= 4 is 57.7 Å². The van der Waals surface area contributed by atoms with Crippen LogP contribution >= 0.6 is 0 Å². The number of hydrogen-bond acceptors (Lipinski definition) is 1. The van der Waals surface area contributed by atoms with Gasteiger partial charge in [0.1, 0.15) is 0 Å². The molecule has 0 spiro atoms. The van der Waals surface area contributed by atoms with Gasteiger partial charge >= 0.3 is 51.4 Å². The molecular weight excluding hydrogens is 117 g/mol. The zero-order valence-corrected chi connectivity index (χ0v) is 2.32. The second-order valence-electron chi connectivity index (χ2n) is 0.471. The quantitative estimate of drug-likeness (QED) is 0.346. The van der Waals surface area contributed by atoms with Crippen molar-refractivity contribution in [2.45, 2.75) is 6.43 Å². The Balaban J connectivity index is 0. The van der Waals surface area contributed by atoms with Crippen molar-refractivity contribution in [3.8, 4) is 0 Å². The van der Waals surface area contributed by atoms with Crippen molar-refractivity contribution in [2.75, 3.05) is 0 Å². The Labute approximate surface area is 76.5 Å². The number of aldehydes is 1. The summed E-state index contributed by atoms with van der Waals surface area (Å²) in [5.74, 6) is 0. The summed E-state index contributed by atoms with van der Waals surface area (Å²) in [5, 5.41) is 0. The fraction of sp³-hybridized carbons (Fsp3) is 0.500.